The molecule has 0 aromatic heterocycles. The number of rotatable bonds is 3. The maximum atomic E-state index is 12.0. The Hall–Kier alpha value is 0.160. The topological polar surface area (TPSA) is 40.6 Å². The van der Waals surface area contributed by atoms with Gasteiger partial charge in [-0.2, -0.15) is 17.0 Å². The molecule has 0 unspecified atom stereocenters. The quantitative estimate of drug-likeness (QED) is 0.700. The highest BCUT2D eigenvalue weighted by Crippen LogP contribution is 2.24. The molecule has 0 spiro atoms. The summed E-state index contributed by atoms with van der Waals surface area (Å²) in [7, 11) is -3.16. The van der Waals surface area contributed by atoms with Gasteiger partial charge < -0.3 is 0 Å². The van der Waals surface area contributed by atoms with Crippen molar-refractivity contribution >= 4 is 21.8 Å². The number of piperidine rings is 1. The van der Waals surface area contributed by atoms with Crippen molar-refractivity contribution in [3.8, 4) is 0 Å². The third-order valence-corrected chi connectivity index (χ3v) is 5.51. The number of halogens is 1. The highest BCUT2D eigenvalue weighted by molar-refractivity contribution is 7.86. The van der Waals surface area contributed by atoms with Crippen molar-refractivity contribution in [2.45, 2.75) is 19.3 Å². The molecule has 0 radical (unpaired) electrons. The molecular weight excluding hydrogens is 236 g/mol. The zero-order chi connectivity index (χ0) is 10.9. The second kappa shape index (κ2) is 4.57. The van der Waals surface area contributed by atoms with Gasteiger partial charge in [-0.1, -0.05) is 6.42 Å². The molecular formula is C9H17ClN2O2S. The van der Waals surface area contributed by atoms with E-state index in [9.17, 15) is 8.42 Å². The lowest BCUT2D eigenvalue weighted by Gasteiger charge is -2.40. The van der Waals surface area contributed by atoms with Gasteiger partial charge in [0.25, 0.3) is 10.2 Å². The van der Waals surface area contributed by atoms with Crippen LogP contribution in [0.1, 0.15) is 19.3 Å². The zero-order valence-corrected chi connectivity index (χ0v) is 10.3. The molecule has 2 fully saturated rings. The van der Waals surface area contributed by atoms with E-state index in [0.29, 0.717) is 38.0 Å². The highest BCUT2D eigenvalue weighted by Gasteiger charge is 2.38. The predicted octanol–water partition coefficient (Wildman–Crippen LogP) is 0.888. The normalized spacial score (nSPS) is 26.5. The molecule has 0 aliphatic carbocycles. The van der Waals surface area contributed by atoms with E-state index >= 15 is 0 Å². The van der Waals surface area contributed by atoms with E-state index in [0.717, 1.165) is 19.3 Å². The summed E-state index contributed by atoms with van der Waals surface area (Å²) < 4.78 is 27.2. The zero-order valence-electron chi connectivity index (χ0n) is 8.73. The molecule has 0 N–H and O–H groups in total. The van der Waals surface area contributed by atoms with Crippen molar-refractivity contribution in [3.63, 3.8) is 0 Å². The average molecular weight is 253 g/mol. The lowest BCUT2D eigenvalue weighted by molar-refractivity contribution is 0.197. The van der Waals surface area contributed by atoms with Crippen LogP contribution in [0.15, 0.2) is 0 Å². The Kier molecular flexibility index (Phi) is 3.55. The van der Waals surface area contributed by atoms with Crippen LogP contribution < -0.4 is 0 Å². The average Bonchev–Trinajstić information content (AvgIpc) is 2.17. The van der Waals surface area contributed by atoms with Crippen molar-refractivity contribution in [2.75, 3.05) is 32.1 Å². The molecule has 2 rings (SSSR count). The smallest absolute Gasteiger partial charge is 0.195 e. The molecule has 4 nitrogen and oxygen atoms in total. The van der Waals surface area contributed by atoms with Gasteiger partial charge in [0.1, 0.15) is 0 Å². The molecule has 6 heteroatoms. The van der Waals surface area contributed by atoms with Crippen LogP contribution in [0.4, 0.5) is 0 Å². The van der Waals surface area contributed by atoms with Crippen molar-refractivity contribution < 1.29 is 8.42 Å². The van der Waals surface area contributed by atoms with Crippen molar-refractivity contribution in [2.24, 2.45) is 5.92 Å². The highest BCUT2D eigenvalue weighted by atomic mass is 35.5. The van der Waals surface area contributed by atoms with E-state index in [2.05, 4.69) is 0 Å². The molecule has 0 aromatic carbocycles. The summed E-state index contributed by atoms with van der Waals surface area (Å²) in [6.07, 6.45) is 3.13. The van der Waals surface area contributed by atoms with Gasteiger partial charge in [-0.25, -0.2) is 0 Å². The Morgan fingerprint density at radius 1 is 1.07 bits per heavy atom. The van der Waals surface area contributed by atoms with Crippen LogP contribution >= 0.6 is 11.6 Å². The van der Waals surface area contributed by atoms with Gasteiger partial charge in [0, 0.05) is 38.0 Å². The van der Waals surface area contributed by atoms with Gasteiger partial charge in [0.2, 0.25) is 0 Å². The molecule has 2 heterocycles. The second-order valence-electron chi connectivity index (χ2n) is 4.30. The van der Waals surface area contributed by atoms with Gasteiger partial charge in [-0.3, -0.25) is 0 Å². The molecule has 15 heavy (non-hydrogen) atoms. The van der Waals surface area contributed by atoms with E-state index in [-0.39, 0.29) is 0 Å². The summed E-state index contributed by atoms with van der Waals surface area (Å²) in [4.78, 5) is 0. The number of alkyl halides is 1. The van der Waals surface area contributed by atoms with Crippen LogP contribution in [0.2, 0.25) is 0 Å². The van der Waals surface area contributed by atoms with Crippen LogP contribution in [0.3, 0.4) is 0 Å². The fraction of sp³-hybridized carbons (Fsp3) is 1.00. The van der Waals surface area contributed by atoms with Crippen molar-refractivity contribution in [1.29, 1.82) is 0 Å². The monoisotopic (exact) mass is 252 g/mol. The second-order valence-corrected chi connectivity index (χ2v) is 6.54. The van der Waals surface area contributed by atoms with Gasteiger partial charge in [-0.15, -0.1) is 11.6 Å². The minimum atomic E-state index is -3.16. The lowest BCUT2D eigenvalue weighted by atomic mass is 10.1. The van der Waals surface area contributed by atoms with E-state index in [1.54, 1.807) is 8.61 Å². The van der Waals surface area contributed by atoms with Crippen molar-refractivity contribution in [1.82, 2.24) is 8.61 Å². The summed E-state index contributed by atoms with van der Waals surface area (Å²) in [6.45, 7) is 2.57. The third-order valence-electron chi connectivity index (χ3n) is 3.11. The molecule has 0 amide bonds. The maximum absolute atomic E-state index is 12.0. The Bertz CT molecular complexity index is 308. The maximum Gasteiger partial charge on any atom is 0.281 e. The van der Waals surface area contributed by atoms with E-state index < -0.39 is 10.2 Å². The lowest BCUT2D eigenvalue weighted by Crippen LogP contribution is -2.56. The largest absolute Gasteiger partial charge is 0.281 e. The Labute approximate surface area is 96.4 Å². The SMILES string of the molecule is O=S(=O)(N1CCCCC1)N1CC(CCl)C1. The molecule has 2 saturated heterocycles. The van der Waals surface area contributed by atoms with Crippen LogP contribution in [-0.2, 0) is 10.2 Å². The minimum absolute atomic E-state index is 0.353. The molecule has 0 atom stereocenters. The van der Waals surface area contributed by atoms with Crippen LogP contribution in [0.5, 0.6) is 0 Å². The standard InChI is InChI=1S/C9H17ClN2O2S/c10-6-9-7-12(8-9)15(13,14)11-4-2-1-3-5-11/h9H,1-8H2. The Balaban J connectivity index is 1.95. The molecule has 0 saturated carbocycles. The summed E-state index contributed by atoms with van der Waals surface area (Å²) in [5.41, 5.74) is 0. The Morgan fingerprint density at radius 3 is 2.20 bits per heavy atom. The van der Waals surface area contributed by atoms with Crippen LogP contribution in [0, 0.1) is 5.92 Å². The van der Waals surface area contributed by atoms with Gasteiger partial charge in [0.15, 0.2) is 0 Å². The van der Waals surface area contributed by atoms with Crippen molar-refractivity contribution in [3.05, 3.63) is 0 Å². The summed E-state index contributed by atoms with van der Waals surface area (Å²) >= 11 is 5.67. The first kappa shape index (κ1) is 11.6. The first-order valence-corrected chi connectivity index (χ1v) is 7.39. The van der Waals surface area contributed by atoms with Gasteiger partial charge in [0.05, 0.1) is 0 Å². The summed E-state index contributed by atoms with van der Waals surface area (Å²) in [6, 6.07) is 0. The molecule has 2 aliphatic rings. The molecule has 0 aromatic rings. The fourth-order valence-corrected chi connectivity index (χ4v) is 4.11. The summed E-state index contributed by atoms with van der Waals surface area (Å²) in [5.74, 6) is 0.915. The van der Waals surface area contributed by atoms with Gasteiger partial charge >= 0.3 is 0 Å². The van der Waals surface area contributed by atoms with Crippen LogP contribution in [-0.4, -0.2) is 49.1 Å². The first-order valence-electron chi connectivity index (χ1n) is 5.46. The third kappa shape index (κ3) is 2.30. The predicted molar refractivity (Wildman–Crippen MR) is 60.1 cm³/mol. The summed E-state index contributed by atoms with van der Waals surface area (Å²) in [5, 5.41) is 0. The number of hydrogen-bond acceptors (Lipinski definition) is 2. The Morgan fingerprint density at radius 2 is 1.67 bits per heavy atom. The fourth-order valence-electron chi connectivity index (χ4n) is 2.07. The van der Waals surface area contributed by atoms with E-state index in [1.807, 2.05) is 0 Å². The van der Waals surface area contributed by atoms with Crippen LogP contribution in [0.25, 0.3) is 0 Å². The molecule has 2 aliphatic heterocycles. The molecule has 88 valence electrons. The minimum Gasteiger partial charge on any atom is -0.195 e. The van der Waals surface area contributed by atoms with Gasteiger partial charge in [-0.05, 0) is 12.8 Å². The number of nitrogens with zero attached hydrogens (tertiary/aromatic N) is 2. The number of hydrogen-bond donors (Lipinski definition) is 0. The molecule has 0 bridgehead atoms. The first-order chi connectivity index (χ1) is 7.14. The van der Waals surface area contributed by atoms with E-state index in [1.165, 1.54) is 0 Å². The van der Waals surface area contributed by atoms with E-state index in [4.69, 9.17) is 11.6 Å².